The van der Waals surface area contributed by atoms with Gasteiger partial charge in [0, 0.05) is 0 Å². The Balaban J connectivity index is 2.35. The molecule has 0 aliphatic rings. The van der Waals surface area contributed by atoms with E-state index in [9.17, 15) is 9.13 Å². The number of nitrogens with zero attached hydrogens (tertiary/aromatic N) is 2. The molecule has 6 N–H and O–H groups in total. The Labute approximate surface area is 142 Å². The summed E-state index contributed by atoms with van der Waals surface area (Å²) in [5.74, 6) is -0.0309. The predicted octanol–water partition coefficient (Wildman–Crippen LogP) is -0.880. The van der Waals surface area contributed by atoms with Gasteiger partial charge in [0.1, 0.15) is 25.9 Å². The van der Waals surface area contributed by atoms with Crippen molar-refractivity contribution in [2.24, 2.45) is 0 Å². The van der Waals surface area contributed by atoms with E-state index in [-0.39, 0.29) is 44.1 Å². The van der Waals surface area contributed by atoms with Crippen LogP contribution in [0.3, 0.4) is 0 Å². The van der Waals surface area contributed by atoms with E-state index in [2.05, 4.69) is 9.97 Å². The Hall–Kier alpha value is -1.30. The Kier molecular flexibility index (Phi) is 8.69. The topological polar surface area (TPSA) is 204 Å². The highest BCUT2D eigenvalue weighted by Gasteiger charge is 2.13. The third kappa shape index (κ3) is 11.8. The van der Waals surface area contributed by atoms with Gasteiger partial charge in [-0.25, -0.2) is 0 Å². The molecule has 0 atom stereocenters. The van der Waals surface area contributed by atoms with E-state index in [4.69, 9.17) is 44.3 Å². The molecular weight excluding hydrogens is 384 g/mol. The number of nitrogen functional groups attached to an aromatic ring is 1. The van der Waals surface area contributed by atoms with Gasteiger partial charge in [-0.05, 0) is 0 Å². The number of hydrogen-bond donors (Lipinski definition) is 5. The van der Waals surface area contributed by atoms with Crippen LogP contribution in [0.15, 0.2) is 6.07 Å². The molecule has 0 saturated carbocycles. The van der Waals surface area contributed by atoms with Crippen LogP contribution in [0.1, 0.15) is 0 Å². The average Bonchev–Trinajstić information content (AvgIpc) is 2.43. The molecule has 0 bridgehead atoms. The summed E-state index contributed by atoms with van der Waals surface area (Å²) in [5.41, 5.74) is 5.48. The lowest BCUT2D eigenvalue weighted by molar-refractivity contribution is 0.114. The van der Waals surface area contributed by atoms with Gasteiger partial charge in [-0.1, -0.05) is 0 Å². The molecule has 15 heteroatoms. The van der Waals surface area contributed by atoms with Crippen molar-refractivity contribution in [1.29, 1.82) is 0 Å². The summed E-state index contributed by atoms with van der Waals surface area (Å²) in [5, 5.41) is 0. The highest BCUT2D eigenvalue weighted by Crippen LogP contribution is 2.34. The fraction of sp³-hybridized carbons (Fsp3) is 0.600. The number of anilines is 1. The van der Waals surface area contributed by atoms with Crippen LogP contribution in [0.4, 0.5) is 5.95 Å². The second kappa shape index (κ2) is 10.00. The predicted molar refractivity (Wildman–Crippen MR) is 83.2 cm³/mol. The maximum Gasteiger partial charge on any atom is 0.350 e. The fourth-order valence-electron chi connectivity index (χ4n) is 1.35. The zero-order valence-electron chi connectivity index (χ0n) is 12.9. The molecule has 0 amide bonds. The van der Waals surface area contributed by atoms with Crippen molar-refractivity contribution in [2.45, 2.75) is 0 Å². The Bertz CT molecular complexity index is 583. The largest absolute Gasteiger partial charge is 0.475 e. The number of aromatic nitrogens is 2. The summed E-state index contributed by atoms with van der Waals surface area (Å²) >= 11 is 0. The van der Waals surface area contributed by atoms with Gasteiger partial charge in [0.25, 0.3) is 0 Å². The molecule has 144 valence electrons. The molecule has 1 heterocycles. The van der Waals surface area contributed by atoms with E-state index in [0.717, 1.165) is 0 Å². The molecule has 0 spiro atoms. The molecule has 0 aliphatic heterocycles. The van der Waals surface area contributed by atoms with Gasteiger partial charge in [-0.15, -0.1) is 0 Å². The van der Waals surface area contributed by atoms with Crippen molar-refractivity contribution in [3.63, 3.8) is 0 Å². The van der Waals surface area contributed by atoms with Gasteiger partial charge in [-0.3, -0.25) is 9.13 Å². The fourth-order valence-corrected chi connectivity index (χ4v) is 2.08. The highest BCUT2D eigenvalue weighted by atomic mass is 31.2. The summed E-state index contributed by atoms with van der Waals surface area (Å²) in [6.45, 7) is -0.245. The third-order valence-corrected chi connectivity index (χ3v) is 3.21. The van der Waals surface area contributed by atoms with Gasteiger partial charge in [-0.2, -0.15) is 9.97 Å². The zero-order chi connectivity index (χ0) is 18.9. The molecule has 13 nitrogen and oxygen atoms in total. The van der Waals surface area contributed by atoms with Gasteiger partial charge >= 0.3 is 15.2 Å². The Morgan fingerprint density at radius 1 is 0.840 bits per heavy atom. The quantitative estimate of drug-likeness (QED) is 0.213. The number of nitrogens with two attached hydrogens (primary N) is 1. The van der Waals surface area contributed by atoms with Crippen LogP contribution >= 0.6 is 15.2 Å². The van der Waals surface area contributed by atoms with Crippen LogP contribution in [0.25, 0.3) is 0 Å². The van der Waals surface area contributed by atoms with Crippen molar-refractivity contribution in [3.05, 3.63) is 6.07 Å². The molecule has 0 fully saturated rings. The lowest BCUT2D eigenvalue weighted by Gasteiger charge is -2.10. The minimum atomic E-state index is -4.23. The van der Waals surface area contributed by atoms with E-state index >= 15 is 0 Å². The summed E-state index contributed by atoms with van der Waals surface area (Å²) in [6, 6.07) is 1.31. The van der Waals surface area contributed by atoms with E-state index in [1.807, 2.05) is 0 Å². The summed E-state index contributed by atoms with van der Waals surface area (Å²) < 4.78 is 41.0. The smallest absolute Gasteiger partial charge is 0.350 e. The molecule has 0 unspecified atom stereocenters. The molecule has 0 radical (unpaired) electrons. The third-order valence-electron chi connectivity index (χ3n) is 2.17. The second-order valence-corrected chi connectivity index (χ2v) is 7.68. The summed E-state index contributed by atoms with van der Waals surface area (Å²) in [4.78, 5) is 42.0. The summed E-state index contributed by atoms with van der Waals surface area (Å²) in [7, 11) is -8.45. The SMILES string of the molecule is Nc1nc(OCCOCP(=O)(O)O)cc(OCCOCP(=O)(O)O)n1. The first-order valence-electron chi connectivity index (χ1n) is 6.70. The van der Waals surface area contributed by atoms with Crippen LogP contribution in [0, 0.1) is 0 Å². The Morgan fingerprint density at radius 3 is 1.60 bits per heavy atom. The molecule has 25 heavy (non-hydrogen) atoms. The first-order valence-corrected chi connectivity index (χ1v) is 10.3. The minimum absolute atomic E-state index is 0.0404. The van der Waals surface area contributed by atoms with Crippen molar-refractivity contribution in [1.82, 2.24) is 9.97 Å². The second-order valence-electron chi connectivity index (χ2n) is 4.50. The van der Waals surface area contributed by atoms with Crippen LogP contribution in [0.5, 0.6) is 11.8 Å². The van der Waals surface area contributed by atoms with Crippen molar-refractivity contribution >= 4 is 21.1 Å². The van der Waals surface area contributed by atoms with Crippen LogP contribution in [-0.4, -0.2) is 68.7 Å². The standard InChI is InChI=1S/C10H19N3O10P2/c11-10-12-8(22-3-1-20-6-24(14,15)16)5-9(13-10)23-4-2-21-7-25(17,18)19/h5H,1-4,6-7H2,(H2,11,12,13)(H2,14,15,16)(H2,17,18,19). The van der Waals surface area contributed by atoms with Gasteiger partial charge < -0.3 is 44.3 Å². The molecule has 0 aliphatic carbocycles. The first-order chi connectivity index (χ1) is 11.6. The van der Waals surface area contributed by atoms with Gasteiger partial charge in [0.2, 0.25) is 17.7 Å². The van der Waals surface area contributed by atoms with E-state index in [1.54, 1.807) is 0 Å². The monoisotopic (exact) mass is 403 g/mol. The van der Waals surface area contributed by atoms with Gasteiger partial charge in [0.15, 0.2) is 0 Å². The van der Waals surface area contributed by atoms with Crippen molar-refractivity contribution < 1.29 is 47.7 Å². The maximum atomic E-state index is 10.6. The van der Waals surface area contributed by atoms with Crippen LogP contribution in [0.2, 0.25) is 0 Å². The van der Waals surface area contributed by atoms with E-state index in [0.29, 0.717) is 0 Å². The molecule has 1 aromatic rings. The normalized spacial score (nSPS) is 12.2. The van der Waals surface area contributed by atoms with Crippen LogP contribution < -0.4 is 15.2 Å². The summed E-state index contributed by atoms with van der Waals surface area (Å²) in [6.07, 6.45) is -1.43. The lowest BCUT2D eigenvalue weighted by atomic mass is 10.6. The molecule has 1 aromatic heterocycles. The zero-order valence-corrected chi connectivity index (χ0v) is 14.7. The highest BCUT2D eigenvalue weighted by molar-refractivity contribution is 7.51. The lowest BCUT2D eigenvalue weighted by Crippen LogP contribution is -2.11. The van der Waals surface area contributed by atoms with Crippen molar-refractivity contribution in [3.8, 4) is 11.8 Å². The number of hydrogen-bond acceptors (Lipinski definition) is 9. The molecule has 1 rings (SSSR count). The van der Waals surface area contributed by atoms with Crippen LogP contribution in [-0.2, 0) is 18.6 Å². The minimum Gasteiger partial charge on any atom is -0.475 e. The van der Waals surface area contributed by atoms with Crippen molar-refractivity contribution in [2.75, 3.05) is 44.9 Å². The number of rotatable bonds is 12. The molecule has 0 saturated heterocycles. The maximum absolute atomic E-state index is 10.6. The molecular formula is C10H19N3O10P2. The van der Waals surface area contributed by atoms with Gasteiger partial charge in [0.05, 0.1) is 19.3 Å². The average molecular weight is 403 g/mol. The van der Waals surface area contributed by atoms with E-state index < -0.39 is 27.9 Å². The molecule has 0 aromatic carbocycles. The number of ether oxygens (including phenoxy) is 4. The van der Waals surface area contributed by atoms with E-state index in [1.165, 1.54) is 6.07 Å². The first kappa shape index (κ1) is 21.7. The Morgan fingerprint density at radius 2 is 1.24 bits per heavy atom.